The molecule has 1 N–H and O–H groups in total. The topological polar surface area (TPSA) is 86.8 Å². The number of nitrogens with zero attached hydrogens (tertiary/aromatic N) is 2. The summed E-state index contributed by atoms with van der Waals surface area (Å²) in [6.07, 6.45) is 0.704. The molecular formula is C29H32Cl3N3O4S. The lowest BCUT2D eigenvalue weighted by Crippen LogP contribution is -2.52. The van der Waals surface area contributed by atoms with Gasteiger partial charge >= 0.3 is 0 Å². The number of aryl methyl sites for hydroxylation is 1. The molecule has 0 unspecified atom stereocenters. The van der Waals surface area contributed by atoms with Crippen LogP contribution in [-0.2, 0) is 26.2 Å². The largest absolute Gasteiger partial charge is 0.352 e. The van der Waals surface area contributed by atoms with Crippen LogP contribution in [0.25, 0.3) is 0 Å². The first-order chi connectivity index (χ1) is 18.8. The number of carbonyl (C=O) groups is 2. The first kappa shape index (κ1) is 31.7. The van der Waals surface area contributed by atoms with Crippen molar-refractivity contribution in [2.75, 3.05) is 10.8 Å². The van der Waals surface area contributed by atoms with E-state index in [-0.39, 0.29) is 23.4 Å². The second kappa shape index (κ2) is 13.7. The Morgan fingerprint density at radius 2 is 1.57 bits per heavy atom. The van der Waals surface area contributed by atoms with Gasteiger partial charge in [-0.15, -0.1) is 0 Å². The molecule has 0 aliphatic heterocycles. The van der Waals surface area contributed by atoms with Gasteiger partial charge in [0.05, 0.1) is 10.6 Å². The van der Waals surface area contributed by atoms with Gasteiger partial charge in [0.1, 0.15) is 12.6 Å². The average molecular weight is 625 g/mol. The molecule has 0 spiro atoms. The predicted octanol–water partition coefficient (Wildman–Crippen LogP) is 6.48. The highest BCUT2D eigenvalue weighted by atomic mass is 35.5. The summed E-state index contributed by atoms with van der Waals surface area (Å²) < 4.78 is 28.7. The lowest BCUT2D eigenvalue weighted by Gasteiger charge is -2.32. The zero-order chi connectivity index (χ0) is 29.6. The smallest absolute Gasteiger partial charge is 0.264 e. The van der Waals surface area contributed by atoms with Crippen LogP contribution in [-0.4, -0.2) is 43.8 Å². The molecule has 11 heteroatoms. The molecule has 7 nitrogen and oxygen atoms in total. The third-order valence-corrected chi connectivity index (χ3v) is 9.12. The quantitative estimate of drug-likeness (QED) is 0.265. The maximum Gasteiger partial charge on any atom is 0.264 e. The highest BCUT2D eigenvalue weighted by Gasteiger charge is 2.33. The molecule has 0 aromatic heterocycles. The summed E-state index contributed by atoms with van der Waals surface area (Å²) in [5, 5.41) is 4.02. The Bertz CT molecular complexity index is 1470. The van der Waals surface area contributed by atoms with Gasteiger partial charge < -0.3 is 10.2 Å². The minimum atomic E-state index is -4.19. The molecule has 0 saturated carbocycles. The number of carbonyl (C=O) groups excluding carboxylic acids is 2. The van der Waals surface area contributed by atoms with Gasteiger partial charge in [0, 0.05) is 27.7 Å². The number of benzene rings is 3. The number of halogens is 3. The van der Waals surface area contributed by atoms with E-state index in [1.54, 1.807) is 43.3 Å². The fraction of sp³-hybridized carbons (Fsp3) is 0.310. The second-order valence-corrected chi connectivity index (χ2v) is 12.7. The molecule has 214 valence electrons. The summed E-state index contributed by atoms with van der Waals surface area (Å²) in [6.45, 7) is 6.64. The van der Waals surface area contributed by atoms with Crippen LogP contribution in [0, 0.1) is 6.92 Å². The summed E-state index contributed by atoms with van der Waals surface area (Å²) in [5.41, 5.74) is 1.68. The molecule has 0 aliphatic carbocycles. The second-order valence-electron chi connectivity index (χ2n) is 9.56. The van der Waals surface area contributed by atoms with Gasteiger partial charge in [0.15, 0.2) is 0 Å². The molecule has 2 atom stereocenters. The van der Waals surface area contributed by atoms with E-state index in [2.05, 4.69) is 5.32 Å². The zero-order valence-corrected chi connectivity index (χ0v) is 25.8. The Morgan fingerprint density at radius 1 is 0.925 bits per heavy atom. The van der Waals surface area contributed by atoms with Crippen molar-refractivity contribution < 1.29 is 18.0 Å². The van der Waals surface area contributed by atoms with Crippen LogP contribution in [0.4, 0.5) is 5.69 Å². The number of rotatable bonds is 11. The van der Waals surface area contributed by atoms with Gasteiger partial charge in [-0.25, -0.2) is 8.42 Å². The summed E-state index contributed by atoms with van der Waals surface area (Å²) in [4.78, 5) is 28.4. The number of nitrogens with one attached hydrogen (secondary N) is 1. The van der Waals surface area contributed by atoms with E-state index in [9.17, 15) is 18.0 Å². The lowest BCUT2D eigenvalue weighted by atomic mass is 10.1. The monoisotopic (exact) mass is 623 g/mol. The van der Waals surface area contributed by atoms with Crippen molar-refractivity contribution in [3.05, 3.63) is 92.9 Å². The van der Waals surface area contributed by atoms with E-state index < -0.39 is 28.5 Å². The molecule has 0 bridgehead atoms. The summed E-state index contributed by atoms with van der Waals surface area (Å²) in [5.74, 6) is -0.952. The molecule has 0 aliphatic rings. The molecule has 0 saturated heterocycles. The standard InChI is InChI=1S/C29H32Cl3N3O4S/c1-5-20(3)33-29(37)21(4)34(17-22-9-10-24(31)16-27(22)32)28(36)18-35(25-8-6-7-19(2)15-25)40(38,39)26-13-11-23(30)12-14-26/h6-16,20-21H,5,17-18H2,1-4H3,(H,33,37)/t20-,21-/m0/s1. The molecule has 0 radical (unpaired) electrons. The van der Waals surface area contributed by atoms with Crippen molar-refractivity contribution in [1.29, 1.82) is 0 Å². The average Bonchev–Trinajstić information content (AvgIpc) is 2.90. The third kappa shape index (κ3) is 7.91. The molecule has 0 heterocycles. The van der Waals surface area contributed by atoms with Gasteiger partial charge in [-0.05, 0) is 86.8 Å². The van der Waals surface area contributed by atoms with Gasteiger partial charge in [0.2, 0.25) is 11.8 Å². The Balaban J connectivity index is 2.05. The van der Waals surface area contributed by atoms with Gasteiger partial charge in [-0.1, -0.05) is 59.9 Å². The Kier molecular flexibility index (Phi) is 10.9. The molecule has 3 rings (SSSR count). The minimum absolute atomic E-state index is 0.0268. The van der Waals surface area contributed by atoms with Crippen molar-refractivity contribution in [1.82, 2.24) is 10.2 Å². The Hall–Kier alpha value is -2.78. The Labute approximate surface area is 251 Å². The van der Waals surface area contributed by atoms with Crippen molar-refractivity contribution in [3.63, 3.8) is 0 Å². The summed E-state index contributed by atoms with van der Waals surface area (Å²) in [7, 11) is -4.19. The number of amides is 2. The predicted molar refractivity (Wildman–Crippen MR) is 162 cm³/mol. The van der Waals surface area contributed by atoms with Gasteiger partial charge in [-0.2, -0.15) is 0 Å². The van der Waals surface area contributed by atoms with Gasteiger partial charge in [-0.3, -0.25) is 13.9 Å². The fourth-order valence-electron chi connectivity index (χ4n) is 3.93. The van der Waals surface area contributed by atoms with E-state index in [0.717, 1.165) is 9.87 Å². The van der Waals surface area contributed by atoms with Crippen LogP contribution >= 0.6 is 34.8 Å². The molecule has 3 aromatic carbocycles. The maximum absolute atomic E-state index is 14.0. The molecule has 3 aromatic rings. The molecular weight excluding hydrogens is 593 g/mol. The minimum Gasteiger partial charge on any atom is -0.352 e. The van der Waals surface area contributed by atoms with E-state index in [1.807, 2.05) is 26.8 Å². The first-order valence-electron chi connectivity index (χ1n) is 12.7. The Morgan fingerprint density at radius 3 is 2.17 bits per heavy atom. The number of hydrogen-bond donors (Lipinski definition) is 1. The van der Waals surface area contributed by atoms with Crippen LogP contribution in [0.2, 0.25) is 15.1 Å². The lowest BCUT2D eigenvalue weighted by molar-refractivity contribution is -0.139. The van der Waals surface area contributed by atoms with Crippen molar-refractivity contribution in [2.24, 2.45) is 0 Å². The highest BCUT2D eigenvalue weighted by molar-refractivity contribution is 7.92. The third-order valence-electron chi connectivity index (χ3n) is 6.49. The molecule has 0 fully saturated rings. The number of hydrogen-bond acceptors (Lipinski definition) is 4. The summed E-state index contributed by atoms with van der Waals surface area (Å²) >= 11 is 18.5. The first-order valence-corrected chi connectivity index (χ1v) is 15.3. The van der Waals surface area contributed by atoms with Crippen LogP contribution < -0.4 is 9.62 Å². The SMILES string of the molecule is CC[C@H](C)NC(=O)[C@H](C)N(Cc1ccc(Cl)cc1Cl)C(=O)CN(c1cccc(C)c1)S(=O)(=O)c1ccc(Cl)cc1. The highest BCUT2D eigenvalue weighted by Crippen LogP contribution is 2.27. The summed E-state index contributed by atoms with van der Waals surface area (Å²) in [6, 6.07) is 16.4. The van der Waals surface area contributed by atoms with Crippen LogP contribution in [0.15, 0.2) is 71.6 Å². The fourth-order valence-corrected chi connectivity index (χ4v) is 5.93. The van der Waals surface area contributed by atoms with Crippen molar-refractivity contribution in [3.8, 4) is 0 Å². The van der Waals surface area contributed by atoms with Crippen LogP contribution in [0.3, 0.4) is 0 Å². The molecule has 2 amide bonds. The maximum atomic E-state index is 14.0. The van der Waals surface area contributed by atoms with E-state index in [0.29, 0.717) is 32.7 Å². The van der Waals surface area contributed by atoms with Gasteiger partial charge in [0.25, 0.3) is 10.0 Å². The van der Waals surface area contributed by atoms with Crippen LogP contribution in [0.1, 0.15) is 38.3 Å². The van der Waals surface area contributed by atoms with Crippen LogP contribution in [0.5, 0.6) is 0 Å². The van der Waals surface area contributed by atoms with E-state index in [4.69, 9.17) is 34.8 Å². The number of anilines is 1. The molecule has 40 heavy (non-hydrogen) atoms. The van der Waals surface area contributed by atoms with Crippen molar-refractivity contribution >= 4 is 62.3 Å². The number of sulfonamides is 1. The van der Waals surface area contributed by atoms with E-state index >= 15 is 0 Å². The zero-order valence-electron chi connectivity index (χ0n) is 22.7. The van der Waals surface area contributed by atoms with E-state index in [1.165, 1.54) is 29.2 Å². The van der Waals surface area contributed by atoms with Crippen molar-refractivity contribution in [2.45, 2.75) is 57.6 Å². The normalized spacial score (nSPS) is 12.9.